The molecule has 0 N–H and O–H groups in total. The monoisotopic (exact) mass is 409 g/mol. The molecule has 150 valence electrons. The van der Waals surface area contributed by atoms with Crippen molar-refractivity contribution in [3.63, 3.8) is 0 Å². The molecule has 0 amide bonds. The van der Waals surface area contributed by atoms with Crippen LogP contribution in [0.3, 0.4) is 0 Å². The molecule has 0 heterocycles. The van der Waals surface area contributed by atoms with E-state index < -0.39 is 16.0 Å². The SMILES string of the molecule is COC(=O)C#Cc1ccccc1N(CC1=CCCC1)S(=O)(=O)c1ccc(C)cc1. The Hall–Kier alpha value is -3.04. The predicted octanol–water partition coefficient (Wildman–Crippen LogP) is 3.83. The number of anilines is 1. The van der Waals surface area contributed by atoms with Gasteiger partial charge in [-0.05, 0) is 50.5 Å². The summed E-state index contributed by atoms with van der Waals surface area (Å²) in [5.74, 6) is 4.47. The third-order valence-electron chi connectivity index (χ3n) is 4.75. The van der Waals surface area contributed by atoms with E-state index in [-0.39, 0.29) is 11.4 Å². The first kappa shape index (κ1) is 20.7. The Bertz CT molecular complexity index is 1090. The summed E-state index contributed by atoms with van der Waals surface area (Å²) in [6.07, 6.45) is 4.95. The fourth-order valence-corrected chi connectivity index (χ4v) is 4.66. The van der Waals surface area contributed by atoms with E-state index >= 15 is 0 Å². The van der Waals surface area contributed by atoms with Gasteiger partial charge in [0.25, 0.3) is 10.0 Å². The van der Waals surface area contributed by atoms with Crippen molar-refractivity contribution in [3.05, 3.63) is 71.3 Å². The third kappa shape index (κ3) is 4.87. The molecule has 0 unspecified atom stereocenters. The summed E-state index contributed by atoms with van der Waals surface area (Å²) in [6.45, 7) is 2.17. The molecule has 0 aliphatic heterocycles. The Morgan fingerprint density at radius 2 is 1.86 bits per heavy atom. The average molecular weight is 410 g/mol. The van der Waals surface area contributed by atoms with Gasteiger partial charge in [0.05, 0.1) is 24.2 Å². The van der Waals surface area contributed by atoms with Crippen molar-refractivity contribution in [2.24, 2.45) is 0 Å². The van der Waals surface area contributed by atoms with Crippen LogP contribution in [0.15, 0.2) is 65.1 Å². The summed E-state index contributed by atoms with van der Waals surface area (Å²) >= 11 is 0. The summed E-state index contributed by atoms with van der Waals surface area (Å²) < 4.78 is 33.0. The van der Waals surface area contributed by atoms with Crippen molar-refractivity contribution in [2.45, 2.75) is 31.1 Å². The third-order valence-corrected chi connectivity index (χ3v) is 6.52. The fourth-order valence-electron chi connectivity index (χ4n) is 3.17. The van der Waals surface area contributed by atoms with Crippen LogP contribution in [0.25, 0.3) is 0 Å². The lowest BCUT2D eigenvalue weighted by Gasteiger charge is -2.26. The topological polar surface area (TPSA) is 63.7 Å². The molecule has 0 fully saturated rings. The first-order chi connectivity index (χ1) is 13.9. The minimum absolute atomic E-state index is 0.220. The summed E-state index contributed by atoms with van der Waals surface area (Å²) in [7, 11) is -2.56. The van der Waals surface area contributed by atoms with E-state index in [1.165, 1.54) is 11.4 Å². The van der Waals surface area contributed by atoms with Crippen molar-refractivity contribution >= 4 is 21.7 Å². The lowest BCUT2D eigenvalue weighted by atomic mass is 10.1. The summed E-state index contributed by atoms with van der Waals surface area (Å²) in [5.41, 5.74) is 2.96. The standard InChI is InChI=1S/C23H23NO4S/c1-18-11-14-21(15-12-18)29(26,27)24(17-19-7-3-4-8-19)22-10-6-5-9-20(22)13-16-23(25)28-2/h5-7,9-12,14-15H,3-4,8,17H2,1-2H3. The number of sulfonamides is 1. The van der Waals surface area contributed by atoms with Crippen LogP contribution in [0.5, 0.6) is 0 Å². The molecule has 2 aromatic rings. The van der Waals surface area contributed by atoms with E-state index in [1.54, 1.807) is 48.5 Å². The van der Waals surface area contributed by atoms with E-state index in [0.717, 1.165) is 30.4 Å². The second-order valence-corrected chi connectivity index (χ2v) is 8.70. The van der Waals surface area contributed by atoms with Crippen LogP contribution in [0, 0.1) is 18.8 Å². The number of carbonyl (C=O) groups excluding carboxylic acids is 1. The molecule has 2 aromatic carbocycles. The highest BCUT2D eigenvalue weighted by Gasteiger charge is 2.27. The highest BCUT2D eigenvalue weighted by molar-refractivity contribution is 7.92. The molecule has 29 heavy (non-hydrogen) atoms. The molecule has 0 saturated carbocycles. The second kappa shape index (κ2) is 8.97. The van der Waals surface area contributed by atoms with Crippen LogP contribution in [0.1, 0.15) is 30.4 Å². The number of rotatable bonds is 5. The van der Waals surface area contributed by atoms with Gasteiger partial charge in [-0.25, -0.2) is 13.2 Å². The molecule has 0 aromatic heterocycles. The number of hydrogen-bond donors (Lipinski definition) is 0. The molecule has 0 bridgehead atoms. The molecule has 0 radical (unpaired) electrons. The number of methoxy groups -OCH3 is 1. The van der Waals surface area contributed by atoms with Crippen molar-refractivity contribution in [2.75, 3.05) is 18.0 Å². The Labute approximate surface area is 172 Å². The molecule has 0 atom stereocenters. The van der Waals surface area contributed by atoms with Gasteiger partial charge in [-0.15, -0.1) is 0 Å². The zero-order valence-electron chi connectivity index (χ0n) is 16.5. The molecule has 3 rings (SSSR count). The highest BCUT2D eigenvalue weighted by Crippen LogP contribution is 2.30. The highest BCUT2D eigenvalue weighted by atomic mass is 32.2. The van der Waals surface area contributed by atoms with Gasteiger partial charge in [-0.3, -0.25) is 4.31 Å². The van der Waals surface area contributed by atoms with Crippen LogP contribution >= 0.6 is 0 Å². The van der Waals surface area contributed by atoms with Crippen molar-refractivity contribution in [3.8, 4) is 11.8 Å². The largest absolute Gasteiger partial charge is 0.459 e. The minimum Gasteiger partial charge on any atom is -0.459 e. The molecular formula is C23H23NO4S. The maximum Gasteiger partial charge on any atom is 0.384 e. The number of benzene rings is 2. The molecule has 5 nitrogen and oxygen atoms in total. The van der Waals surface area contributed by atoms with E-state index in [1.807, 2.05) is 6.92 Å². The Morgan fingerprint density at radius 3 is 2.52 bits per heavy atom. The van der Waals surface area contributed by atoms with Gasteiger partial charge in [-0.2, -0.15) is 0 Å². The van der Waals surface area contributed by atoms with Crippen LogP contribution in [-0.2, 0) is 19.6 Å². The minimum atomic E-state index is -3.82. The van der Waals surface area contributed by atoms with Crippen molar-refractivity contribution in [1.82, 2.24) is 0 Å². The van der Waals surface area contributed by atoms with E-state index in [4.69, 9.17) is 0 Å². The van der Waals surface area contributed by atoms with Gasteiger partial charge < -0.3 is 4.74 Å². The Morgan fingerprint density at radius 1 is 1.14 bits per heavy atom. The Balaban J connectivity index is 2.10. The molecule has 0 spiro atoms. The maximum absolute atomic E-state index is 13.5. The summed E-state index contributed by atoms with van der Waals surface area (Å²) in [6, 6.07) is 13.7. The quantitative estimate of drug-likeness (QED) is 0.428. The van der Waals surface area contributed by atoms with Gasteiger partial charge in [-0.1, -0.05) is 47.4 Å². The van der Waals surface area contributed by atoms with Gasteiger partial charge in [0.1, 0.15) is 0 Å². The van der Waals surface area contributed by atoms with E-state index in [2.05, 4.69) is 22.7 Å². The summed E-state index contributed by atoms with van der Waals surface area (Å²) in [5, 5.41) is 0. The van der Waals surface area contributed by atoms with Crippen LogP contribution < -0.4 is 4.31 Å². The molecular weight excluding hydrogens is 386 g/mol. The number of aryl methyl sites for hydroxylation is 1. The first-order valence-corrected chi connectivity index (χ1v) is 10.8. The lowest BCUT2D eigenvalue weighted by molar-refractivity contribution is -0.133. The smallest absolute Gasteiger partial charge is 0.384 e. The number of allylic oxidation sites excluding steroid dienone is 1. The number of carbonyl (C=O) groups is 1. The van der Waals surface area contributed by atoms with Crippen LogP contribution in [-0.4, -0.2) is 28.0 Å². The molecule has 1 aliphatic carbocycles. The fraction of sp³-hybridized carbons (Fsp3) is 0.261. The first-order valence-electron chi connectivity index (χ1n) is 9.38. The van der Waals surface area contributed by atoms with Gasteiger partial charge >= 0.3 is 5.97 Å². The molecule has 1 aliphatic rings. The van der Waals surface area contributed by atoms with Crippen LogP contribution in [0.2, 0.25) is 0 Å². The number of para-hydroxylation sites is 1. The van der Waals surface area contributed by atoms with Crippen molar-refractivity contribution in [1.29, 1.82) is 0 Å². The Kier molecular flexibility index (Phi) is 6.40. The normalized spacial score (nSPS) is 13.2. The number of ether oxygens (including phenoxy) is 1. The number of esters is 1. The lowest BCUT2D eigenvalue weighted by Crippen LogP contribution is -2.33. The van der Waals surface area contributed by atoms with E-state index in [9.17, 15) is 13.2 Å². The van der Waals surface area contributed by atoms with Gasteiger partial charge in [0, 0.05) is 11.5 Å². The molecule has 6 heteroatoms. The van der Waals surface area contributed by atoms with Gasteiger partial charge in [0.15, 0.2) is 0 Å². The van der Waals surface area contributed by atoms with Gasteiger partial charge in [0.2, 0.25) is 0 Å². The van der Waals surface area contributed by atoms with Crippen LogP contribution in [0.4, 0.5) is 5.69 Å². The zero-order chi connectivity index (χ0) is 20.9. The number of hydrogen-bond acceptors (Lipinski definition) is 4. The maximum atomic E-state index is 13.5. The zero-order valence-corrected chi connectivity index (χ0v) is 17.3. The number of nitrogens with zero attached hydrogens (tertiary/aromatic N) is 1. The van der Waals surface area contributed by atoms with E-state index in [0.29, 0.717) is 11.3 Å². The van der Waals surface area contributed by atoms with Crippen molar-refractivity contribution < 1.29 is 17.9 Å². The predicted molar refractivity (Wildman–Crippen MR) is 113 cm³/mol. The second-order valence-electron chi connectivity index (χ2n) is 6.84. The summed E-state index contributed by atoms with van der Waals surface area (Å²) in [4.78, 5) is 11.7. The molecule has 0 saturated heterocycles. The average Bonchev–Trinajstić information content (AvgIpc) is 3.24.